The largest absolute Gasteiger partial charge is 0.0853 e. The van der Waals surface area contributed by atoms with Gasteiger partial charge < -0.3 is 0 Å². The highest BCUT2D eigenvalue weighted by molar-refractivity contribution is 5.07. The summed E-state index contributed by atoms with van der Waals surface area (Å²) >= 11 is 0. The topological polar surface area (TPSA) is 0 Å². The summed E-state index contributed by atoms with van der Waals surface area (Å²) in [4.78, 5) is 0. The van der Waals surface area contributed by atoms with Crippen LogP contribution in [-0.4, -0.2) is 0 Å². The molecule has 7 heavy (non-hydrogen) atoms. The van der Waals surface area contributed by atoms with Crippen LogP contribution in [0.15, 0.2) is 11.6 Å². The standard InChI is InChI=1S/C7H12/c1-6-4-3-5-7(6)2/h4,7H,3,5H2,1-2H3. The summed E-state index contributed by atoms with van der Waals surface area (Å²) in [5.41, 5.74) is 1.58. The van der Waals surface area contributed by atoms with Gasteiger partial charge in [-0.3, -0.25) is 0 Å². The lowest BCUT2D eigenvalue weighted by atomic mass is 10.1. The van der Waals surface area contributed by atoms with Crippen molar-refractivity contribution in [3.63, 3.8) is 0 Å². The Hall–Kier alpha value is -0.260. The zero-order valence-corrected chi connectivity index (χ0v) is 5.07. The van der Waals surface area contributed by atoms with Crippen LogP contribution in [0.3, 0.4) is 0 Å². The second kappa shape index (κ2) is 1.69. The van der Waals surface area contributed by atoms with Gasteiger partial charge in [-0.1, -0.05) is 18.6 Å². The molecule has 0 aromatic rings. The maximum atomic E-state index is 2.34. The highest BCUT2D eigenvalue weighted by Gasteiger charge is 2.07. The number of hydrogen-bond acceptors (Lipinski definition) is 0. The van der Waals surface area contributed by atoms with Crippen LogP contribution in [0.2, 0.25) is 0 Å². The van der Waals surface area contributed by atoms with E-state index in [4.69, 9.17) is 0 Å². The highest BCUT2D eigenvalue weighted by Crippen LogP contribution is 2.23. The predicted octanol–water partition coefficient (Wildman–Crippen LogP) is 2.36. The van der Waals surface area contributed by atoms with E-state index in [1.54, 1.807) is 5.57 Å². The van der Waals surface area contributed by atoms with Crippen molar-refractivity contribution < 1.29 is 0 Å². The van der Waals surface area contributed by atoms with Crippen LogP contribution in [0, 0.1) is 5.92 Å². The van der Waals surface area contributed by atoms with E-state index < -0.39 is 0 Å². The van der Waals surface area contributed by atoms with E-state index in [1.165, 1.54) is 12.8 Å². The molecular weight excluding hydrogens is 84.1 g/mol. The maximum Gasteiger partial charge on any atom is -0.0231 e. The van der Waals surface area contributed by atoms with Gasteiger partial charge in [0.2, 0.25) is 0 Å². The van der Waals surface area contributed by atoms with E-state index in [0.29, 0.717) is 0 Å². The Kier molecular flexibility index (Phi) is 1.18. The van der Waals surface area contributed by atoms with Gasteiger partial charge in [-0.05, 0) is 25.7 Å². The van der Waals surface area contributed by atoms with Gasteiger partial charge >= 0.3 is 0 Å². The van der Waals surface area contributed by atoms with E-state index in [1.807, 2.05) is 0 Å². The van der Waals surface area contributed by atoms with Crippen LogP contribution < -0.4 is 0 Å². The van der Waals surface area contributed by atoms with Gasteiger partial charge in [0.25, 0.3) is 0 Å². The smallest absolute Gasteiger partial charge is 0.0231 e. The molecule has 0 amide bonds. The Morgan fingerprint density at radius 1 is 1.71 bits per heavy atom. The summed E-state index contributed by atoms with van der Waals surface area (Å²) in [5, 5.41) is 0. The Labute approximate surface area is 45.2 Å². The molecule has 0 heteroatoms. The minimum Gasteiger partial charge on any atom is -0.0853 e. The minimum atomic E-state index is 0.875. The summed E-state index contributed by atoms with van der Waals surface area (Å²) in [6.45, 7) is 4.51. The summed E-state index contributed by atoms with van der Waals surface area (Å²) in [5.74, 6) is 0.875. The zero-order chi connectivity index (χ0) is 5.28. The number of allylic oxidation sites excluding steroid dienone is 2. The molecule has 0 heterocycles. The van der Waals surface area contributed by atoms with E-state index in [0.717, 1.165) is 5.92 Å². The lowest BCUT2D eigenvalue weighted by molar-refractivity contribution is 0.670. The average molecular weight is 96.2 g/mol. The van der Waals surface area contributed by atoms with Crippen molar-refractivity contribution in [3.8, 4) is 0 Å². The van der Waals surface area contributed by atoms with Gasteiger partial charge in [-0.15, -0.1) is 0 Å². The van der Waals surface area contributed by atoms with Gasteiger partial charge in [-0.25, -0.2) is 0 Å². The molecule has 0 nitrogen and oxygen atoms in total. The van der Waals surface area contributed by atoms with Crippen molar-refractivity contribution in [2.24, 2.45) is 5.92 Å². The molecular formula is C7H12. The second-order valence-electron chi connectivity index (χ2n) is 2.43. The summed E-state index contributed by atoms with van der Waals surface area (Å²) in [6.07, 6.45) is 5.03. The highest BCUT2D eigenvalue weighted by atomic mass is 14.1. The molecule has 1 atom stereocenters. The molecule has 1 rings (SSSR count). The molecule has 0 aliphatic heterocycles. The molecule has 0 spiro atoms. The summed E-state index contributed by atoms with van der Waals surface area (Å²) < 4.78 is 0. The lowest BCUT2D eigenvalue weighted by Crippen LogP contribution is -1.85. The van der Waals surface area contributed by atoms with Crippen LogP contribution in [0.25, 0.3) is 0 Å². The van der Waals surface area contributed by atoms with Gasteiger partial charge in [0.05, 0.1) is 0 Å². The molecule has 0 radical (unpaired) electrons. The molecule has 1 aliphatic carbocycles. The van der Waals surface area contributed by atoms with E-state index in [9.17, 15) is 0 Å². The first kappa shape index (κ1) is 4.89. The molecule has 0 aromatic heterocycles. The zero-order valence-electron chi connectivity index (χ0n) is 5.07. The quantitative estimate of drug-likeness (QED) is 0.406. The van der Waals surface area contributed by atoms with Crippen molar-refractivity contribution in [2.45, 2.75) is 26.7 Å². The first-order valence-corrected chi connectivity index (χ1v) is 2.97. The first-order chi connectivity index (χ1) is 3.30. The third-order valence-corrected chi connectivity index (χ3v) is 1.84. The average Bonchev–Trinajstić information content (AvgIpc) is 1.91. The fourth-order valence-corrected chi connectivity index (χ4v) is 0.990. The van der Waals surface area contributed by atoms with Crippen LogP contribution in [0.4, 0.5) is 0 Å². The Morgan fingerprint density at radius 2 is 2.43 bits per heavy atom. The molecule has 0 N–H and O–H groups in total. The second-order valence-corrected chi connectivity index (χ2v) is 2.43. The van der Waals surface area contributed by atoms with E-state index >= 15 is 0 Å². The fourth-order valence-electron chi connectivity index (χ4n) is 0.990. The monoisotopic (exact) mass is 96.1 g/mol. The Balaban J connectivity index is 2.54. The third kappa shape index (κ3) is 0.846. The molecule has 1 unspecified atom stereocenters. The van der Waals surface area contributed by atoms with E-state index in [2.05, 4.69) is 19.9 Å². The van der Waals surface area contributed by atoms with Crippen molar-refractivity contribution in [1.29, 1.82) is 0 Å². The maximum absolute atomic E-state index is 2.34. The van der Waals surface area contributed by atoms with Crippen molar-refractivity contribution in [3.05, 3.63) is 11.6 Å². The molecule has 0 saturated carbocycles. The fraction of sp³-hybridized carbons (Fsp3) is 0.714. The molecule has 0 fully saturated rings. The third-order valence-electron chi connectivity index (χ3n) is 1.84. The molecule has 40 valence electrons. The number of hydrogen-bond donors (Lipinski definition) is 0. The molecule has 1 aliphatic rings. The van der Waals surface area contributed by atoms with Gasteiger partial charge in [0, 0.05) is 0 Å². The Morgan fingerprint density at radius 3 is 2.57 bits per heavy atom. The first-order valence-electron chi connectivity index (χ1n) is 2.97. The van der Waals surface area contributed by atoms with Crippen LogP contribution in [-0.2, 0) is 0 Å². The predicted molar refractivity (Wildman–Crippen MR) is 32.2 cm³/mol. The van der Waals surface area contributed by atoms with Crippen LogP contribution in [0.5, 0.6) is 0 Å². The summed E-state index contributed by atoms with van der Waals surface area (Å²) in [7, 11) is 0. The van der Waals surface area contributed by atoms with Crippen LogP contribution in [0.1, 0.15) is 26.7 Å². The van der Waals surface area contributed by atoms with Crippen molar-refractivity contribution >= 4 is 0 Å². The van der Waals surface area contributed by atoms with Gasteiger partial charge in [0.1, 0.15) is 0 Å². The van der Waals surface area contributed by atoms with E-state index in [-0.39, 0.29) is 0 Å². The Bertz CT molecular complexity index is 90.2. The normalized spacial score (nSPS) is 30.6. The van der Waals surface area contributed by atoms with Crippen molar-refractivity contribution in [1.82, 2.24) is 0 Å². The minimum absolute atomic E-state index is 0.875. The molecule has 0 bridgehead atoms. The lowest BCUT2D eigenvalue weighted by Gasteiger charge is -1.98. The van der Waals surface area contributed by atoms with Crippen LogP contribution >= 0.6 is 0 Å². The number of rotatable bonds is 0. The summed E-state index contributed by atoms with van der Waals surface area (Å²) in [6, 6.07) is 0. The molecule has 0 aromatic carbocycles. The van der Waals surface area contributed by atoms with Gasteiger partial charge in [0.15, 0.2) is 0 Å². The SMILES string of the molecule is CC1=CCCC1C. The van der Waals surface area contributed by atoms with Crippen molar-refractivity contribution in [2.75, 3.05) is 0 Å². The van der Waals surface area contributed by atoms with Gasteiger partial charge in [-0.2, -0.15) is 0 Å². The molecule has 0 saturated heterocycles.